The van der Waals surface area contributed by atoms with Gasteiger partial charge in [0.05, 0.1) is 16.3 Å². The van der Waals surface area contributed by atoms with Crippen LogP contribution in [0.2, 0.25) is 5.02 Å². The van der Waals surface area contributed by atoms with E-state index < -0.39 is 0 Å². The van der Waals surface area contributed by atoms with Gasteiger partial charge in [0, 0.05) is 28.9 Å². The van der Waals surface area contributed by atoms with Gasteiger partial charge in [0.1, 0.15) is 0 Å². The van der Waals surface area contributed by atoms with Gasteiger partial charge in [-0.15, -0.1) is 11.8 Å². The third kappa shape index (κ3) is 5.53. The molecule has 1 atom stereocenters. The quantitative estimate of drug-likeness (QED) is 0.392. The van der Waals surface area contributed by atoms with Crippen LogP contribution in [0.4, 0.5) is 5.69 Å². The Morgan fingerprint density at radius 3 is 2.84 bits per heavy atom. The van der Waals surface area contributed by atoms with Gasteiger partial charge < -0.3 is 5.32 Å². The van der Waals surface area contributed by atoms with E-state index in [9.17, 15) is 9.59 Å². The van der Waals surface area contributed by atoms with Crippen molar-refractivity contribution < 1.29 is 4.79 Å². The fourth-order valence-electron chi connectivity index (χ4n) is 3.42. The van der Waals surface area contributed by atoms with Crippen LogP contribution in [-0.2, 0) is 24.2 Å². The van der Waals surface area contributed by atoms with E-state index in [0.29, 0.717) is 27.7 Å². The number of halogens is 1. The number of hydrogen-bond acceptors (Lipinski definition) is 5. The van der Waals surface area contributed by atoms with Gasteiger partial charge in [-0.3, -0.25) is 14.2 Å². The van der Waals surface area contributed by atoms with Crippen LogP contribution < -0.4 is 10.9 Å². The number of fused-ring (bicyclic) bond motifs is 1. The van der Waals surface area contributed by atoms with Gasteiger partial charge in [0.25, 0.3) is 5.56 Å². The number of nitrogens with one attached hydrogen (secondary N) is 1. The summed E-state index contributed by atoms with van der Waals surface area (Å²) in [4.78, 5) is 31.2. The van der Waals surface area contributed by atoms with Crippen molar-refractivity contribution in [2.24, 2.45) is 0 Å². The molecular weight excluding hydrogens is 450 g/mol. The second kappa shape index (κ2) is 9.94. The highest BCUT2D eigenvalue weighted by Crippen LogP contribution is 2.34. The van der Waals surface area contributed by atoms with Crippen molar-refractivity contribution in [1.29, 1.82) is 0 Å². The Labute approximate surface area is 194 Å². The summed E-state index contributed by atoms with van der Waals surface area (Å²) in [5.74, 6) is -0.00875. The lowest BCUT2D eigenvalue weighted by atomic mass is 10.1. The number of thioether (sulfide) groups is 2. The molecule has 0 spiro atoms. The molecule has 31 heavy (non-hydrogen) atoms. The Morgan fingerprint density at radius 2 is 2.06 bits per heavy atom. The van der Waals surface area contributed by atoms with Crippen molar-refractivity contribution in [1.82, 2.24) is 9.55 Å². The summed E-state index contributed by atoms with van der Waals surface area (Å²) in [6.07, 6.45) is 1.50. The average molecular weight is 472 g/mol. The SMILES string of the molecule is CC1Cc2nc(SCC(=O)Nc3cccc(Cl)c3)n(CCc3ccccc3)c(=O)c2S1. The molecule has 0 fully saturated rings. The molecule has 1 aliphatic heterocycles. The van der Waals surface area contributed by atoms with Crippen molar-refractivity contribution in [3.05, 3.63) is 81.2 Å². The summed E-state index contributed by atoms with van der Waals surface area (Å²) in [6.45, 7) is 2.63. The van der Waals surface area contributed by atoms with Crippen LogP contribution in [0.3, 0.4) is 0 Å². The van der Waals surface area contributed by atoms with Gasteiger partial charge in [0.2, 0.25) is 5.91 Å². The molecule has 1 aliphatic rings. The fraction of sp³-hybridized carbons (Fsp3) is 0.261. The van der Waals surface area contributed by atoms with Gasteiger partial charge in [-0.25, -0.2) is 4.98 Å². The van der Waals surface area contributed by atoms with Crippen LogP contribution in [0.25, 0.3) is 0 Å². The van der Waals surface area contributed by atoms with Gasteiger partial charge in [-0.2, -0.15) is 0 Å². The molecule has 0 radical (unpaired) electrons. The maximum absolute atomic E-state index is 13.2. The summed E-state index contributed by atoms with van der Waals surface area (Å²) in [6, 6.07) is 17.1. The van der Waals surface area contributed by atoms with Crippen LogP contribution in [0, 0.1) is 0 Å². The van der Waals surface area contributed by atoms with E-state index in [1.165, 1.54) is 11.8 Å². The highest BCUT2D eigenvalue weighted by Gasteiger charge is 2.26. The zero-order valence-electron chi connectivity index (χ0n) is 17.0. The highest BCUT2D eigenvalue weighted by molar-refractivity contribution is 8.00. The Morgan fingerprint density at radius 1 is 1.26 bits per heavy atom. The first-order valence-corrected chi connectivity index (χ1v) is 12.3. The molecule has 1 N–H and O–H groups in total. The first kappa shape index (κ1) is 22.0. The molecule has 4 rings (SSSR count). The molecule has 1 aromatic heterocycles. The minimum absolute atomic E-state index is 0.00645. The van der Waals surface area contributed by atoms with E-state index in [-0.39, 0.29) is 17.2 Å². The third-order valence-electron chi connectivity index (χ3n) is 4.87. The number of carbonyl (C=O) groups is 1. The van der Waals surface area contributed by atoms with Gasteiger partial charge >= 0.3 is 0 Å². The van der Waals surface area contributed by atoms with Crippen LogP contribution in [0.1, 0.15) is 18.2 Å². The monoisotopic (exact) mass is 471 g/mol. The number of carbonyl (C=O) groups excluding carboxylic acids is 1. The molecule has 1 amide bonds. The predicted molar refractivity (Wildman–Crippen MR) is 128 cm³/mol. The summed E-state index contributed by atoms with van der Waals surface area (Å²) >= 11 is 8.87. The van der Waals surface area contributed by atoms with Gasteiger partial charge in [0.15, 0.2) is 5.16 Å². The molecule has 0 aliphatic carbocycles. The standard InChI is InChI=1S/C23H22ClN3O2S2/c1-15-12-19-21(31-15)22(29)27(11-10-16-6-3-2-4-7-16)23(26-19)30-14-20(28)25-18-9-5-8-17(24)13-18/h2-9,13,15H,10-12,14H2,1H3,(H,25,28). The normalized spacial score (nSPS) is 15.0. The Kier molecular flexibility index (Phi) is 7.05. The van der Waals surface area contributed by atoms with E-state index in [1.807, 2.05) is 30.3 Å². The van der Waals surface area contributed by atoms with Crippen LogP contribution in [0.15, 0.2) is 69.4 Å². The topological polar surface area (TPSA) is 64.0 Å². The molecular formula is C23H22ClN3O2S2. The average Bonchev–Trinajstić information content (AvgIpc) is 3.13. The lowest BCUT2D eigenvalue weighted by molar-refractivity contribution is -0.113. The lowest BCUT2D eigenvalue weighted by Crippen LogP contribution is -2.27. The number of aryl methyl sites for hydroxylation is 1. The molecule has 0 saturated carbocycles. The van der Waals surface area contributed by atoms with Gasteiger partial charge in [-0.1, -0.05) is 66.7 Å². The van der Waals surface area contributed by atoms with Crippen LogP contribution >= 0.6 is 35.1 Å². The number of amides is 1. The van der Waals surface area contributed by atoms with Crippen molar-refractivity contribution in [2.75, 3.05) is 11.1 Å². The van der Waals surface area contributed by atoms with Crippen molar-refractivity contribution >= 4 is 46.7 Å². The van der Waals surface area contributed by atoms with E-state index in [2.05, 4.69) is 12.2 Å². The fourth-order valence-corrected chi connectivity index (χ4v) is 5.56. The highest BCUT2D eigenvalue weighted by atomic mass is 35.5. The molecule has 5 nitrogen and oxygen atoms in total. The molecule has 160 valence electrons. The smallest absolute Gasteiger partial charge is 0.268 e. The molecule has 2 aromatic carbocycles. The van der Waals surface area contributed by atoms with Crippen molar-refractivity contribution in [3.8, 4) is 0 Å². The summed E-state index contributed by atoms with van der Waals surface area (Å²) in [7, 11) is 0. The van der Waals surface area contributed by atoms with E-state index in [0.717, 1.165) is 29.0 Å². The van der Waals surface area contributed by atoms with E-state index >= 15 is 0 Å². The molecule has 0 saturated heterocycles. The number of benzene rings is 2. The Bertz CT molecular complexity index is 1150. The Hall–Kier alpha value is -2.22. The second-order valence-electron chi connectivity index (χ2n) is 7.34. The molecule has 8 heteroatoms. The number of hydrogen-bond donors (Lipinski definition) is 1. The van der Waals surface area contributed by atoms with Crippen LogP contribution in [0.5, 0.6) is 0 Å². The third-order valence-corrected chi connectivity index (χ3v) is 7.30. The first-order valence-electron chi connectivity index (χ1n) is 10.0. The zero-order chi connectivity index (χ0) is 21.8. The number of rotatable bonds is 7. The maximum atomic E-state index is 13.2. The molecule has 2 heterocycles. The molecule has 0 bridgehead atoms. The van der Waals surface area contributed by atoms with Crippen molar-refractivity contribution in [2.45, 2.75) is 41.6 Å². The zero-order valence-corrected chi connectivity index (χ0v) is 19.4. The van der Waals surface area contributed by atoms with E-state index in [4.69, 9.17) is 16.6 Å². The largest absolute Gasteiger partial charge is 0.325 e. The minimum Gasteiger partial charge on any atom is -0.325 e. The predicted octanol–water partition coefficient (Wildman–Crippen LogP) is 4.91. The molecule has 1 unspecified atom stereocenters. The van der Waals surface area contributed by atoms with E-state index in [1.54, 1.807) is 40.6 Å². The van der Waals surface area contributed by atoms with Crippen LogP contribution in [-0.4, -0.2) is 26.5 Å². The number of aromatic nitrogens is 2. The Balaban J connectivity index is 1.52. The minimum atomic E-state index is -0.167. The van der Waals surface area contributed by atoms with Gasteiger partial charge in [-0.05, 0) is 30.2 Å². The summed E-state index contributed by atoms with van der Waals surface area (Å²) in [5.41, 5.74) is 2.64. The summed E-state index contributed by atoms with van der Waals surface area (Å²) in [5, 5.41) is 4.33. The van der Waals surface area contributed by atoms with Crippen molar-refractivity contribution in [3.63, 3.8) is 0 Å². The first-order chi connectivity index (χ1) is 15.0. The second-order valence-corrected chi connectivity index (χ2v) is 10.2. The molecule has 3 aromatic rings. The lowest BCUT2D eigenvalue weighted by Gasteiger charge is -2.14. The number of anilines is 1. The number of nitrogens with zero attached hydrogens (tertiary/aromatic N) is 2. The summed E-state index contributed by atoms with van der Waals surface area (Å²) < 4.78 is 1.72. The maximum Gasteiger partial charge on any atom is 0.268 e.